The summed E-state index contributed by atoms with van der Waals surface area (Å²) in [6, 6.07) is 16.3. The number of anilines is 3. The fourth-order valence-electron chi connectivity index (χ4n) is 3.15. The molecular weight excluding hydrogens is 286 g/mol. The largest absolute Gasteiger partial charge is 0.397 e. The first kappa shape index (κ1) is 15.4. The summed E-state index contributed by atoms with van der Waals surface area (Å²) in [4.78, 5) is 14.6. The summed E-state index contributed by atoms with van der Waals surface area (Å²) in [6.07, 6.45) is 2.69. The highest BCUT2D eigenvalue weighted by Gasteiger charge is 2.22. The quantitative estimate of drug-likeness (QED) is 0.851. The lowest BCUT2D eigenvalue weighted by molar-refractivity contribution is -0.116. The lowest BCUT2D eigenvalue weighted by atomic mass is 9.96. The van der Waals surface area contributed by atoms with E-state index in [9.17, 15) is 4.79 Å². The average Bonchev–Trinajstić information content (AvgIpc) is 2.56. The zero-order valence-electron chi connectivity index (χ0n) is 13.5. The highest BCUT2D eigenvalue weighted by atomic mass is 16.1. The highest BCUT2D eigenvalue weighted by molar-refractivity contribution is 5.94. The van der Waals surface area contributed by atoms with Gasteiger partial charge in [0, 0.05) is 24.7 Å². The number of carbonyl (C=O) groups is 1. The average molecular weight is 309 g/mol. The molecule has 1 atom stereocenters. The molecule has 0 radical (unpaired) electrons. The third-order valence-electron chi connectivity index (χ3n) is 4.48. The smallest absolute Gasteiger partial charge is 0.226 e. The monoisotopic (exact) mass is 309 g/mol. The van der Waals surface area contributed by atoms with Gasteiger partial charge in [0.2, 0.25) is 5.91 Å². The van der Waals surface area contributed by atoms with E-state index in [1.165, 1.54) is 11.3 Å². The van der Waals surface area contributed by atoms with E-state index in [2.05, 4.69) is 41.4 Å². The summed E-state index contributed by atoms with van der Waals surface area (Å²) >= 11 is 0. The fourth-order valence-corrected chi connectivity index (χ4v) is 3.15. The van der Waals surface area contributed by atoms with Crippen LogP contribution in [0.25, 0.3) is 0 Å². The second-order valence-electron chi connectivity index (χ2n) is 6.10. The predicted molar refractivity (Wildman–Crippen MR) is 95.7 cm³/mol. The highest BCUT2D eigenvalue weighted by Crippen LogP contribution is 2.30. The summed E-state index contributed by atoms with van der Waals surface area (Å²) in [5.41, 5.74) is 9.78. The maximum Gasteiger partial charge on any atom is 0.226 e. The van der Waals surface area contributed by atoms with Crippen molar-refractivity contribution in [3.63, 3.8) is 0 Å². The molecule has 1 aliphatic heterocycles. The van der Waals surface area contributed by atoms with Gasteiger partial charge in [0.25, 0.3) is 0 Å². The predicted octanol–water partition coefficient (Wildman–Crippen LogP) is 3.44. The lowest BCUT2D eigenvalue weighted by Crippen LogP contribution is -2.39. The van der Waals surface area contributed by atoms with Crippen molar-refractivity contribution >= 4 is 23.0 Å². The summed E-state index contributed by atoms with van der Waals surface area (Å²) in [6.45, 7) is 2.94. The van der Waals surface area contributed by atoms with E-state index in [-0.39, 0.29) is 5.91 Å². The molecule has 0 fully saturated rings. The van der Waals surface area contributed by atoms with Crippen LogP contribution in [0.2, 0.25) is 0 Å². The number of rotatable bonds is 4. The number of nitrogen functional groups attached to an aromatic ring is 1. The number of para-hydroxylation sites is 3. The standard InChI is InChI=1S/C19H23N3O/c1-14-10-11-15-6-2-5-9-18(15)22(14)13-12-19(23)21-17-8-4-3-7-16(17)20/h2-9,14H,10-13,20H2,1H3,(H,21,23). The van der Waals surface area contributed by atoms with Crippen molar-refractivity contribution in [2.45, 2.75) is 32.2 Å². The molecule has 0 aromatic heterocycles. The van der Waals surface area contributed by atoms with Crippen molar-refractivity contribution in [3.05, 3.63) is 54.1 Å². The van der Waals surface area contributed by atoms with Crippen molar-refractivity contribution in [2.75, 3.05) is 22.5 Å². The Labute approximate surface area is 137 Å². The number of hydrogen-bond donors (Lipinski definition) is 2. The van der Waals surface area contributed by atoms with E-state index in [1.54, 1.807) is 6.07 Å². The summed E-state index contributed by atoms with van der Waals surface area (Å²) in [5, 5.41) is 2.90. The van der Waals surface area contributed by atoms with Gasteiger partial charge in [0.05, 0.1) is 11.4 Å². The van der Waals surface area contributed by atoms with E-state index < -0.39 is 0 Å². The Morgan fingerprint density at radius 1 is 1.22 bits per heavy atom. The van der Waals surface area contributed by atoms with Crippen molar-refractivity contribution < 1.29 is 4.79 Å². The SMILES string of the molecule is CC1CCc2ccccc2N1CCC(=O)Nc1ccccc1N. The molecule has 1 aliphatic rings. The van der Waals surface area contributed by atoms with Gasteiger partial charge in [0.1, 0.15) is 0 Å². The molecule has 120 valence electrons. The summed E-state index contributed by atoms with van der Waals surface area (Å²) < 4.78 is 0. The van der Waals surface area contributed by atoms with Crippen LogP contribution in [0.3, 0.4) is 0 Å². The molecule has 3 N–H and O–H groups in total. The number of nitrogens with one attached hydrogen (secondary N) is 1. The lowest BCUT2D eigenvalue weighted by Gasteiger charge is -2.37. The first-order chi connectivity index (χ1) is 11.1. The first-order valence-electron chi connectivity index (χ1n) is 8.14. The zero-order chi connectivity index (χ0) is 16.2. The number of nitrogens with two attached hydrogens (primary N) is 1. The topological polar surface area (TPSA) is 58.4 Å². The van der Waals surface area contributed by atoms with Gasteiger partial charge in [-0.15, -0.1) is 0 Å². The van der Waals surface area contributed by atoms with E-state index in [0.717, 1.165) is 19.4 Å². The Morgan fingerprint density at radius 3 is 2.78 bits per heavy atom. The van der Waals surface area contributed by atoms with E-state index in [4.69, 9.17) is 5.73 Å². The van der Waals surface area contributed by atoms with Crippen LogP contribution < -0.4 is 16.0 Å². The first-order valence-corrected chi connectivity index (χ1v) is 8.14. The maximum atomic E-state index is 12.2. The van der Waals surface area contributed by atoms with E-state index in [1.807, 2.05) is 18.2 Å². The van der Waals surface area contributed by atoms with Crippen LogP contribution in [0.1, 0.15) is 25.3 Å². The van der Waals surface area contributed by atoms with E-state index in [0.29, 0.717) is 23.8 Å². The minimum Gasteiger partial charge on any atom is -0.397 e. The number of fused-ring (bicyclic) bond motifs is 1. The van der Waals surface area contributed by atoms with Gasteiger partial charge in [-0.3, -0.25) is 4.79 Å². The third kappa shape index (κ3) is 3.47. The summed E-state index contributed by atoms with van der Waals surface area (Å²) in [5.74, 6) is -0.00171. The Morgan fingerprint density at radius 2 is 1.96 bits per heavy atom. The number of nitrogens with zero attached hydrogens (tertiary/aromatic N) is 1. The van der Waals surface area contributed by atoms with Crippen molar-refractivity contribution in [2.24, 2.45) is 0 Å². The van der Waals surface area contributed by atoms with Gasteiger partial charge in [-0.25, -0.2) is 0 Å². The third-order valence-corrected chi connectivity index (χ3v) is 4.48. The maximum absolute atomic E-state index is 12.2. The van der Waals surface area contributed by atoms with Crippen molar-refractivity contribution in [1.82, 2.24) is 0 Å². The normalized spacial score (nSPS) is 16.7. The molecule has 2 aromatic rings. The van der Waals surface area contributed by atoms with Crippen LogP contribution in [0, 0.1) is 0 Å². The van der Waals surface area contributed by atoms with Crippen LogP contribution in [0.4, 0.5) is 17.1 Å². The van der Waals surface area contributed by atoms with Gasteiger partial charge >= 0.3 is 0 Å². The molecule has 1 heterocycles. The molecule has 4 heteroatoms. The molecule has 0 spiro atoms. The number of carbonyl (C=O) groups excluding carboxylic acids is 1. The molecule has 1 unspecified atom stereocenters. The van der Waals surface area contributed by atoms with Crippen LogP contribution in [0.5, 0.6) is 0 Å². The van der Waals surface area contributed by atoms with Gasteiger partial charge < -0.3 is 16.0 Å². The van der Waals surface area contributed by atoms with Crippen LogP contribution in [-0.2, 0) is 11.2 Å². The zero-order valence-corrected chi connectivity index (χ0v) is 13.5. The number of amides is 1. The molecule has 0 bridgehead atoms. The minimum absolute atomic E-state index is 0.00171. The molecule has 23 heavy (non-hydrogen) atoms. The molecule has 2 aromatic carbocycles. The summed E-state index contributed by atoms with van der Waals surface area (Å²) in [7, 11) is 0. The van der Waals surface area contributed by atoms with Gasteiger partial charge in [-0.1, -0.05) is 30.3 Å². The molecule has 0 aliphatic carbocycles. The van der Waals surface area contributed by atoms with Gasteiger partial charge in [-0.2, -0.15) is 0 Å². The van der Waals surface area contributed by atoms with E-state index >= 15 is 0 Å². The van der Waals surface area contributed by atoms with Crippen molar-refractivity contribution in [3.8, 4) is 0 Å². The number of benzene rings is 2. The molecule has 0 saturated carbocycles. The second-order valence-corrected chi connectivity index (χ2v) is 6.10. The number of hydrogen-bond acceptors (Lipinski definition) is 3. The Kier molecular flexibility index (Phi) is 4.51. The van der Waals surface area contributed by atoms with Crippen LogP contribution >= 0.6 is 0 Å². The molecule has 3 rings (SSSR count). The Bertz CT molecular complexity index is 699. The molecule has 1 amide bonds. The Balaban J connectivity index is 1.64. The molecule has 4 nitrogen and oxygen atoms in total. The number of aryl methyl sites for hydroxylation is 1. The van der Waals surface area contributed by atoms with Gasteiger partial charge in [-0.05, 0) is 43.5 Å². The van der Waals surface area contributed by atoms with Crippen molar-refractivity contribution in [1.29, 1.82) is 0 Å². The van der Waals surface area contributed by atoms with Crippen LogP contribution in [0.15, 0.2) is 48.5 Å². The van der Waals surface area contributed by atoms with Crippen LogP contribution in [-0.4, -0.2) is 18.5 Å². The Hall–Kier alpha value is -2.49. The minimum atomic E-state index is -0.00171. The molecule has 0 saturated heterocycles. The fraction of sp³-hybridized carbons (Fsp3) is 0.316. The second kappa shape index (κ2) is 6.73. The van der Waals surface area contributed by atoms with Gasteiger partial charge in [0.15, 0.2) is 0 Å². The molecular formula is C19H23N3O.